The number of hydrogen-bond acceptors (Lipinski definition) is 2. The molecule has 0 aromatic heterocycles. The van der Waals surface area contributed by atoms with Crippen LogP contribution in [0.5, 0.6) is 11.5 Å². The van der Waals surface area contributed by atoms with Gasteiger partial charge in [0.25, 0.3) is 0 Å². The lowest BCUT2D eigenvalue weighted by molar-refractivity contribution is 0.105. The van der Waals surface area contributed by atoms with Crippen molar-refractivity contribution in [1.29, 1.82) is 0 Å². The smallest absolute Gasteiger partial charge is 0.132 e. The summed E-state index contributed by atoms with van der Waals surface area (Å²) in [6, 6.07) is 8.90. The van der Waals surface area contributed by atoms with Gasteiger partial charge in [0.15, 0.2) is 0 Å². The molecular weight excluding hydrogens is 332 g/mol. The number of unbranched alkanes of at least 4 members (excludes halogenated alkanes) is 2. The van der Waals surface area contributed by atoms with E-state index in [1.807, 2.05) is 0 Å². The van der Waals surface area contributed by atoms with E-state index in [0.717, 1.165) is 29.1 Å². The summed E-state index contributed by atoms with van der Waals surface area (Å²) in [5, 5.41) is 0. The third kappa shape index (κ3) is 3.63. The molecule has 0 amide bonds. The lowest BCUT2D eigenvalue weighted by atomic mass is 9.82. The average Bonchev–Trinajstić information content (AvgIpc) is 2.59. The SMILES string of the molecule is C=C(C)c1cc2c(cc1C)-c1c(OC)cc(CCCCC)cc1OC2(C)C. The highest BCUT2D eigenvalue weighted by Crippen LogP contribution is 2.50. The molecule has 0 radical (unpaired) electrons. The van der Waals surface area contributed by atoms with E-state index >= 15 is 0 Å². The number of rotatable bonds is 6. The predicted molar refractivity (Wildman–Crippen MR) is 115 cm³/mol. The fourth-order valence-electron chi connectivity index (χ4n) is 4.08. The first-order valence-corrected chi connectivity index (χ1v) is 9.99. The van der Waals surface area contributed by atoms with Crippen molar-refractivity contribution < 1.29 is 9.47 Å². The molecule has 27 heavy (non-hydrogen) atoms. The van der Waals surface area contributed by atoms with Crippen LogP contribution < -0.4 is 9.47 Å². The highest BCUT2D eigenvalue weighted by Gasteiger charge is 2.35. The molecule has 1 aliphatic heterocycles. The van der Waals surface area contributed by atoms with Gasteiger partial charge in [-0.1, -0.05) is 38.0 Å². The monoisotopic (exact) mass is 364 g/mol. The predicted octanol–water partition coefficient (Wildman–Crippen LogP) is 7.06. The number of allylic oxidation sites excluding steroid dienone is 1. The van der Waals surface area contributed by atoms with E-state index in [4.69, 9.17) is 9.47 Å². The van der Waals surface area contributed by atoms with Crippen molar-refractivity contribution in [2.75, 3.05) is 7.11 Å². The molecule has 144 valence electrons. The molecule has 0 fully saturated rings. The van der Waals surface area contributed by atoms with E-state index in [9.17, 15) is 0 Å². The number of benzene rings is 2. The minimum Gasteiger partial charge on any atom is -0.496 e. The first-order chi connectivity index (χ1) is 12.8. The lowest BCUT2D eigenvalue weighted by Gasteiger charge is -2.36. The van der Waals surface area contributed by atoms with Crippen LogP contribution in [0.2, 0.25) is 0 Å². The van der Waals surface area contributed by atoms with Crippen molar-refractivity contribution in [2.45, 2.75) is 65.9 Å². The van der Waals surface area contributed by atoms with E-state index < -0.39 is 5.60 Å². The molecule has 0 N–H and O–H groups in total. The largest absolute Gasteiger partial charge is 0.496 e. The van der Waals surface area contributed by atoms with E-state index in [-0.39, 0.29) is 0 Å². The summed E-state index contributed by atoms with van der Waals surface area (Å²) in [6.07, 6.45) is 4.72. The van der Waals surface area contributed by atoms with E-state index in [2.05, 4.69) is 65.5 Å². The van der Waals surface area contributed by atoms with Crippen LogP contribution in [0, 0.1) is 6.92 Å². The number of aryl methyl sites for hydroxylation is 2. The molecule has 0 spiro atoms. The van der Waals surface area contributed by atoms with Crippen LogP contribution >= 0.6 is 0 Å². The maximum atomic E-state index is 6.50. The molecule has 0 atom stereocenters. The van der Waals surface area contributed by atoms with Crippen LogP contribution in [0.4, 0.5) is 0 Å². The Morgan fingerprint density at radius 2 is 1.89 bits per heavy atom. The van der Waals surface area contributed by atoms with Gasteiger partial charge in [0.2, 0.25) is 0 Å². The topological polar surface area (TPSA) is 18.5 Å². The summed E-state index contributed by atoms with van der Waals surface area (Å²) in [7, 11) is 1.75. The van der Waals surface area contributed by atoms with Gasteiger partial charge in [0.1, 0.15) is 17.1 Å². The number of methoxy groups -OCH3 is 1. The van der Waals surface area contributed by atoms with Crippen LogP contribution in [0.3, 0.4) is 0 Å². The van der Waals surface area contributed by atoms with Crippen LogP contribution in [0.15, 0.2) is 30.8 Å². The molecule has 3 rings (SSSR count). The second-order valence-electron chi connectivity index (χ2n) is 8.23. The molecule has 0 unspecified atom stereocenters. The van der Waals surface area contributed by atoms with Crippen molar-refractivity contribution in [3.05, 3.63) is 53.1 Å². The molecule has 0 aliphatic carbocycles. The van der Waals surface area contributed by atoms with Gasteiger partial charge in [-0.3, -0.25) is 0 Å². The van der Waals surface area contributed by atoms with Gasteiger partial charge < -0.3 is 9.47 Å². The van der Waals surface area contributed by atoms with Gasteiger partial charge in [-0.05, 0) is 81.0 Å². The zero-order chi connectivity index (χ0) is 19.8. The highest BCUT2D eigenvalue weighted by atomic mass is 16.5. The van der Waals surface area contributed by atoms with Gasteiger partial charge in [0, 0.05) is 5.56 Å². The number of hydrogen-bond donors (Lipinski definition) is 0. The summed E-state index contributed by atoms with van der Waals surface area (Å²) >= 11 is 0. The Bertz CT molecular complexity index is 874. The van der Waals surface area contributed by atoms with Crippen LogP contribution in [-0.2, 0) is 12.0 Å². The third-order valence-corrected chi connectivity index (χ3v) is 5.52. The summed E-state index contributed by atoms with van der Waals surface area (Å²) in [6.45, 7) is 14.9. The van der Waals surface area contributed by atoms with E-state index in [1.165, 1.54) is 47.1 Å². The molecule has 2 aromatic rings. The van der Waals surface area contributed by atoms with Crippen LogP contribution in [0.1, 0.15) is 69.2 Å². The standard InChI is InChI=1S/C25H32O2/c1-8-9-10-11-18-13-22(26-7)24-20-12-17(4)19(16(2)3)15-21(20)25(5,6)27-23(24)14-18/h12-15H,2,8-11H2,1,3-7H3. The second kappa shape index (κ2) is 7.42. The van der Waals surface area contributed by atoms with Crippen molar-refractivity contribution in [3.8, 4) is 22.6 Å². The fourth-order valence-corrected chi connectivity index (χ4v) is 4.08. The Labute approximate surface area is 164 Å². The zero-order valence-corrected chi connectivity index (χ0v) is 17.7. The Kier molecular flexibility index (Phi) is 5.37. The van der Waals surface area contributed by atoms with Crippen molar-refractivity contribution >= 4 is 5.57 Å². The molecule has 2 heteroatoms. The van der Waals surface area contributed by atoms with Gasteiger partial charge in [-0.2, -0.15) is 0 Å². The molecule has 1 heterocycles. The quantitative estimate of drug-likeness (QED) is 0.511. The molecule has 0 saturated heterocycles. The summed E-state index contributed by atoms with van der Waals surface area (Å²) < 4.78 is 12.3. The molecule has 1 aliphatic rings. The number of ether oxygens (including phenoxy) is 2. The molecule has 2 aromatic carbocycles. The van der Waals surface area contributed by atoms with E-state index in [1.54, 1.807) is 7.11 Å². The van der Waals surface area contributed by atoms with E-state index in [0.29, 0.717) is 0 Å². The zero-order valence-electron chi connectivity index (χ0n) is 17.7. The highest BCUT2D eigenvalue weighted by molar-refractivity contribution is 5.84. The Morgan fingerprint density at radius 3 is 2.52 bits per heavy atom. The van der Waals surface area contributed by atoms with Crippen LogP contribution in [-0.4, -0.2) is 7.11 Å². The van der Waals surface area contributed by atoms with Gasteiger partial charge in [-0.25, -0.2) is 0 Å². The second-order valence-corrected chi connectivity index (χ2v) is 8.23. The van der Waals surface area contributed by atoms with Crippen molar-refractivity contribution in [3.63, 3.8) is 0 Å². The molecule has 2 nitrogen and oxygen atoms in total. The minimum atomic E-state index is -0.396. The first kappa shape index (κ1) is 19.5. The number of fused-ring (bicyclic) bond motifs is 3. The molecular formula is C25H32O2. The first-order valence-electron chi connectivity index (χ1n) is 9.99. The van der Waals surface area contributed by atoms with Crippen molar-refractivity contribution in [2.24, 2.45) is 0 Å². The summed E-state index contributed by atoms with van der Waals surface area (Å²) in [5.41, 5.74) is 7.87. The molecule has 0 bridgehead atoms. The van der Waals surface area contributed by atoms with Gasteiger partial charge in [0.05, 0.1) is 12.7 Å². The average molecular weight is 365 g/mol. The van der Waals surface area contributed by atoms with Gasteiger partial charge >= 0.3 is 0 Å². The lowest BCUT2D eigenvalue weighted by Crippen LogP contribution is -2.30. The Morgan fingerprint density at radius 1 is 1.15 bits per heavy atom. The Balaban J connectivity index is 2.18. The van der Waals surface area contributed by atoms with Gasteiger partial charge in [-0.15, -0.1) is 0 Å². The third-order valence-electron chi connectivity index (χ3n) is 5.52. The fraction of sp³-hybridized carbons (Fsp3) is 0.440. The van der Waals surface area contributed by atoms with Crippen molar-refractivity contribution in [1.82, 2.24) is 0 Å². The molecule has 0 saturated carbocycles. The summed E-state index contributed by atoms with van der Waals surface area (Å²) in [4.78, 5) is 0. The normalized spacial score (nSPS) is 14.1. The van der Waals surface area contributed by atoms with Crippen LogP contribution in [0.25, 0.3) is 16.7 Å². The Hall–Kier alpha value is -2.22. The minimum absolute atomic E-state index is 0.396. The maximum Gasteiger partial charge on any atom is 0.132 e. The summed E-state index contributed by atoms with van der Waals surface area (Å²) in [5.74, 6) is 1.83. The maximum absolute atomic E-state index is 6.50.